The SMILES string of the molecule is C.CC.CC.COc1ccc(C(C)(F)CN)nc1-c1ccc(F)c(C)c1. The van der Waals surface area contributed by atoms with E-state index in [2.05, 4.69) is 4.98 Å². The van der Waals surface area contributed by atoms with Crippen LogP contribution in [0, 0.1) is 12.7 Å². The smallest absolute Gasteiger partial charge is 0.162 e. The lowest BCUT2D eigenvalue weighted by molar-refractivity contribution is 0.196. The van der Waals surface area contributed by atoms with Gasteiger partial charge < -0.3 is 10.5 Å². The van der Waals surface area contributed by atoms with Crippen molar-refractivity contribution in [3.8, 4) is 17.0 Å². The van der Waals surface area contributed by atoms with Crippen molar-refractivity contribution >= 4 is 0 Å². The largest absolute Gasteiger partial charge is 0.494 e. The predicted molar refractivity (Wildman–Crippen MR) is 108 cm³/mol. The number of nitrogens with zero attached hydrogens (tertiary/aromatic N) is 1. The highest BCUT2D eigenvalue weighted by Crippen LogP contribution is 2.32. The summed E-state index contributed by atoms with van der Waals surface area (Å²) in [6.07, 6.45) is 0. The van der Waals surface area contributed by atoms with Gasteiger partial charge >= 0.3 is 0 Å². The monoisotopic (exact) mass is 368 g/mol. The van der Waals surface area contributed by atoms with Crippen LogP contribution in [0.5, 0.6) is 5.75 Å². The van der Waals surface area contributed by atoms with Gasteiger partial charge in [0.05, 0.1) is 12.8 Å². The topological polar surface area (TPSA) is 48.1 Å². The highest BCUT2D eigenvalue weighted by molar-refractivity contribution is 5.67. The van der Waals surface area contributed by atoms with E-state index in [4.69, 9.17) is 10.5 Å². The second-order valence-electron chi connectivity index (χ2n) is 5.11. The molecule has 0 radical (unpaired) electrons. The third-order valence-corrected chi connectivity index (χ3v) is 3.43. The first kappa shape index (κ1) is 26.2. The van der Waals surface area contributed by atoms with Gasteiger partial charge in [0.1, 0.15) is 17.3 Å². The van der Waals surface area contributed by atoms with Crippen molar-refractivity contribution in [3.63, 3.8) is 0 Å². The van der Waals surface area contributed by atoms with Gasteiger partial charge in [0, 0.05) is 12.1 Å². The molecular formula is C21H34F2N2O. The molecule has 1 unspecified atom stereocenters. The molecule has 0 aliphatic carbocycles. The van der Waals surface area contributed by atoms with E-state index in [1.54, 1.807) is 31.2 Å². The summed E-state index contributed by atoms with van der Waals surface area (Å²) in [7, 11) is 1.51. The molecule has 148 valence electrons. The van der Waals surface area contributed by atoms with Crippen molar-refractivity contribution in [1.82, 2.24) is 4.98 Å². The Morgan fingerprint density at radius 2 is 1.69 bits per heavy atom. The molecule has 0 fully saturated rings. The quantitative estimate of drug-likeness (QED) is 0.716. The molecule has 0 spiro atoms. The third-order valence-electron chi connectivity index (χ3n) is 3.43. The Balaban J connectivity index is 0. The van der Waals surface area contributed by atoms with Gasteiger partial charge in [-0.05, 0) is 49.7 Å². The molecule has 3 nitrogen and oxygen atoms in total. The Bertz CT molecular complexity index is 658. The molecule has 0 aliphatic heterocycles. The van der Waals surface area contributed by atoms with E-state index in [1.165, 1.54) is 20.1 Å². The first-order chi connectivity index (χ1) is 11.9. The van der Waals surface area contributed by atoms with Crippen molar-refractivity contribution < 1.29 is 13.5 Å². The third kappa shape index (κ3) is 6.37. The van der Waals surface area contributed by atoms with Gasteiger partial charge in [-0.3, -0.25) is 0 Å². The molecule has 2 N–H and O–H groups in total. The van der Waals surface area contributed by atoms with E-state index in [1.807, 2.05) is 27.7 Å². The standard InChI is InChI=1S/C16H18F2N2O.2C2H6.CH4/c1-10-8-11(4-5-12(10)17)15-13(21-3)6-7-14(20-15)16(2,18)9-19;2*1-2;/h4-8H,9,19H2,1-3H3;2*1-2H3;1H4. The lowest BCUT2D eigenvalue weighted by Gasteiger charge is -2.19. The van der Waals surface area contributed by atoms with Crippen LogP contribution in [0.2, 0.25) is 0 Å². The number of benzene rings is 1. The highest BCUT2D eigenvalue weighted by Gasteiger charge is 2.27. The molecule has 1 aromatic carbocycles. The molecule has 1 atom stereocenters. The molecule has 2 aromatic rings. The molecule has 0 saturated heterocycles. The van der Waals surface area contributed by atoms with Crippen LogP contribution in [0.15, 0.2) is 30.3 Å². The number of aryl methyl sites for hydroxylation is 1. The highest BCUT2D eigenvalue weighted by atomic mass is 19.1. The maximum atomic E-state index is 14.3. The number of hydrogen-bond acceptors (Lipinski definition) is 3. The number of nitrogens with two attached hydrogens (primary N) is 1. The Morgan fingerprint density at radius 3 is 2.15 bits per heavy atom. The first-order valence-electron chi connectivity index (χ1n) is 8.60. The van der Waals surface area contributed by atoms with Crippen LogP contribution in [-0.2, 0) is 5.67 Å². The Labute approximate surface area is 157 Å². The fraction of sp³-hybridized carbons (Fsp3) is 0.476. The van der Waals surface area contributed by atoms with Gasteiger partial charge in [-0.2, -0.15) is 0 Å². The van der Waals surface area contributed by atoms with Gasteiger partial charge in [-0.25, -0.2) is 13.8 Å². The fourth-order valence-electron chi connectivity index (χ4n) is 2.00. The van der Waals surface area contributed by atoms with E-state index in [-0.39, 0.29) is 25.5 Å². The van der Waals surface area contributed by atoms with E-state index < -0.39 is 5.67 Å². The summed E-state index contributed by atoms with van der Waals surface area (Å²) < 4.78 is 33.0. The van der Waals surface area contributed by atoms with Crippen LogP contribution in [-0.4, -0.2) is 18.6 Å². The van der Waals surface area contributed by atoms with Crippen LogP contribution in [0.25, 0.3) is 11.3 Å². The summed E-state index contributed by atoms with van der Waals surface area (Å²) in [4.78, 5) is 4.32. The van der Waals surface area contributed by atoms with Gasteiger partial charge in [-0.15, -0.1) is 0 Å². The lowest BCUT2D eigenvalue weighted by atomic mass is 10.0. The number of alkyl halides is 1. The van der Waals surface area contributed by atoms with Crippen molar-refractivity contribution in [1.29, 1.82) is 0 Å². The number of pyridine rings is 1. The van der Waals surface area contributed by atoms with Crippen molar-refractivity contribution in [2.45, 2.75) is 54.6 Å². The summed E-state index contributed by atoms with van der Waals surface area (Å²) >= 11 is 0. The molecule has 26 heavy (non-hydrogen) atoms. The van der Waals surface area contributed by atoms with Gasteiger partial charge in [0.15, 0.2) is 5.67 Å². The van der Waals surface area contributed by atoms with Crippen LogP contribution >= 0.6 is 0 Å². The first-order valence-corrected chi connectivity index (χ1v) is 8.60. The second-order valence-corrected chi connectivity index (χ2v) is 5.11. The molecule has 0 saturated carbocycles. The molecule has 0 bridgehead atoms. The number of hydrogen-bond donors (Lipinski definition) is 1. The average Bonchev–Trinajstić information content (AvgIpc) is 2.66. The lowest BCUT2D eigenvalue weighted by Crippen LogP contribution is -2.27. The number of aromatic nitrogens is 1. The molecule has 1 heterocycles. The van der Waals surface area contributed by atoms with Crippen LogP contribution in [0.3, 0.4) is 0 Å². The van der Waals surface area contributed by atoms with Gasteiger partial charge in [-0.1, -0.05) is 35.1 Å². The minimum absolute atomic E-state index is 0. The van der Waals surface area contributed by atoms with Crippen LogP contribution < -0.4 is 10.5 Å². The maximum absolute atomic E-state index is 14.3. The molecular weight excluding hydrogens is 334 g/mol. The number of methoxy groups -OCH3 is 1. The Hall–Kier alpha value is -2.01. The maximum Gasteiger partial charge on any atom is 0.162 e. The van der Waals surface area contributed by atoms with Gasteiger partial charge in [0.25, 0.3) is 0 Å². The average molecular weight is 369 g/mol. The molecule has 5 heteroatoms. The summed E-state index contributed by atoms with van der Waals surface area (Å²) in [5, 5.41) is 0. The number of rotatable bonds is 4. The normalized spacial score (nSPS) is 11.6. The van der Waals surface area contributed by atoms with E-state index in [0.717, 1.165) is 0 Å². The predicted octanol–water partition coefficient (Wildman–Crippen LogP) is 6.04. The van der Waals surface area contributed by atoms with Crippen molar-refractivity contribution in [3.05, 3.63) is 47.4 Å². The minimum Gasteiger partial charge on any atom is -0.494 e. The van der Waals surface area contributed by atoms with Crippen LogP contribution in [0.1, 0.15) is 53.3 Å². The second kappa shape index (κ2) is 12.4. The van der Waals surface area contributed by atoms with E-state index in [9.17, 15) is 8.78 Å². The summed E-state index contributed by atoms with van der Waals surface area (Å²) in [5.74, 6) is 0.198. The van der Waals surface area contributed by atoms with Crippen LogP contribution in [0.4, 0.5) is 8.78 Å². The molecule has 2 rings (SSSR count). The summed E-state index contributed by atoms with van der Waals surface area (Å²) in [6.45, 7) is 10.9. The zero-order chi connectivity index (χ0) is 19.6. The Kier molecular flexibility index (Phi) is 12.5. The zero-order valence-electron chi connectivity index (χ0n) is 16.3. The zero-order valence-corrected chi connectivity index (χ0v) is 16.3. The molecule has 0 amide bonds. The Morgan fingerprint density at radius 1 is 1.12 bits per heavy atom. The van der Waals surface area contributed by atoms with E-state index >= 15 is 0 Å². The fourth-order valence-corrected chi connectivity index (χ4v) is 2.00. The molecule has 0 aliphatic rings. The van der Waals surface area contributed by atoms with Crippen molar-refractivity contribution in [2.75, 3.05) is 13.7 Å². The number of halogens is 2. The minimum atomic E-state index is -1.73. The summed E-state index contributed by atoms with van der Waals surface area (Å²) in [5.41, 5.74) is 5.57. The molecule has 1 aromatic heterocycles. The summed E-state index contributed by atoms with van der Waals surface area (Å²) in [6, 6.07) is 7.79. The van der Waals surface area contributed by atoms with E-state index in [0.29, 0.717) is 22.6 Å². The number of ether oxygens (including phenoxy) is 1. The van der Waals surface area contributed by atoms with Crippen molar-refractivity contribution in [2.24, 2.45) is 5.73 Å². The van der Waals surface area contributed by atoms with Gasteiger partial charge in [0.2, 0.25) is 0 Å².